The monoisotopic (exact) mass is 498 g/mol. The topological polar surface area (TPSA) is 76.5 Å². The number of alkyl halides is 3. The molecule has 12 heteroatoms. The van der Waals surface area contributed by atoms with Gasteiger partial charge >= 0.3 is 12.1 Å². The van der Waals surface area contributed by atoms with E-state index in [0.717, 1.165) is 12.3 Å². The minimum Gasteiger partial charge on any atom is -0.496 e. The summed E-state index contributed by atoms with van der Waals surface area (Å²) in [6, 6.07) is 8.33. The van der Waals surface area contributed by atoms with Crippen LogP contribution in [0, 0.1) is 18.6 Å². The number of methoxy groups -OCH3 is 1. The second-order valence-electron chi connectivity index (χ2n) is 7.16. The van der Waals surface area contributed by atoms with Crippen LogP contribution in [0.4, 0.5) is 33.6 Å². The molecule has 0 fully saturated rings. The van der Waals surface area contributed by atoms with Gasteiger partial charge in [0.2, 0.25) is 0 Å². The minimum atomic E-state index is -5.01. The van der Waals surface area contributed by atoms with Crippen molar-refractivity contribution in [2.24, 2.45) is 4.36 Å². The van der Waals surface area contributed by atoms with E-state index in [0.29, 0.717) is 22.6 Å². The van der Waals surface area contributed by atoms with Crippen LogP contribution in [0.15, 0.2) is 47.0 Å². The van der Waals surface area contributed by atoms with Crippen molar-refractivity contribution in [2.75, 3.05) is 18.7 Å². The highest BCUT2D eigenvalue weighted by Crippen LogP contribution is 2.33. The third-order valence-electron chi connectivity index (χ3n) is 4.44. The molecule has 1 atom stereocenters. The quantitative estimate of drug-likeness (QED) is 0.454. The van der Waals surface area contributed by atoms with Crippen LogP contribution in [0.5, 0.6) is 5.75 Å². The van der Waals surface area contributed by atoms with Crippen LogP contribution in [-0.2, 0) is 21.2 Å². The maximum atomic E-state index is 14.5. The van der Waals surface area contributed by atoms with Gasteiger partial charge in [0, 0.05) is 28.6 Å². The SMILES string of the molecule is COc1cc(F)ccc1-c1cc(Nc2cc(C/S(C)=N\C(=O)C(F)(F)F)cc(C)n2)ncc1F. The van der Waals surface area contributed by atoms with Crippen LogP contribution in [0.1, 0.15) is 11.3 Å². The van der Waals surface area contributed by atoms with Crippen LogP contribution in [-0.4, -0.2) is 35.4 Å². The first-order valence-corrected chi connectivity index (χ1v) is 11.4. The first kappa shape index (κ1) is 25.2. The number of anilines is 2. The summed E-state index contributed by atoms with van der Waals surface area (Å²) in [4.78, 5) is 19.4. The highest BCUT2D eigenvalue weighted by molar-refractivity contribution is 7.86. The Kier molecular flexibility index (Phi) is 7.60. The number of rotatable bonds is 6. The summed E-state index contributed by atoms with van der Waals surface area (Å²) < 4.78 is 73.7. The second-order valence-corrected chi connectivity index (χ2v) is 8.83. The van der Waals surface area contributed by atoms with Gasteiger partial charge in [-0.05, 0) is 49.1 Å². The van der Waals surface area contributed by atoms with Gasteiger partial charge in [0.25, 0.3) is 0 Å². The van der Waals surface area contributed by atoms with Gasteiger partial charge in [0.1, 0.15) is 29.0 Å². The van der Waals surface area contributed by atoms with Crippen LogP contribution in [0.25, 0.3) is 11.1 Å². The second kappa shape index (κ2) is 10.2. The Balaban J connectivity index is 1.88. The lowest BCUT2D eigenvalue weighted by Gasteiger charge is -2.13. The summed E-state index contributed by atoms with van der Waals surface area (Å²) in [5.74, 6) is -2.55. The molecule has 0 saturated heterocycles. The number of amides is 1. The van der Waals surface area contributed by atoms with E-state index < -0.39 is 34.4 Å². The lowest BCUT2D eigenvalue weighted by molar-refractivity contribution is -0.169. The molecule has 34 heavy (non-hydrogen) atoms. The fraction of sp³-hybridized carbons (Fsp3) is 0.227. The lowest BCUT2D eigenvalue weighted by Crippen LogP contribution is -2.21. The number of hydrogen-bond donors (Lipinski definition) is 1. The zero-order valence-electron chi connectivity index (χ0n) is 18.2. The maximum Gasteiger partial charge on any atom is 0.474 e. The minimum absolute atomic E-state index is 0.0920. The Morgan fingerprint density at radius 1 is 1.12 bits per heavy atom. The largest absolute Gasteiger partial charge is 0.496 e. The molecule has 1 aromatic carbocycles. The number of pyridine rings is 2. The molecule has 0 aliphatic heterocycles. The third kappa shape index (κ3) is 6.34. The van der Waals surface area contributed by atoms with Crippen molar-refractivity contribution in [3.05, 3.63) is 65.5 Å². The molecule has 1 N–H and O–H groups in total. The number of halogens is 5. The van der Waals surface area contributed by atoms with E-state index in [1.165, 1.54) is 31.6 Å². The molecule has 3 aromatic rings. The molecule has 0 spiro atoms. The predicted octanol–water partition coefficient (Wildman–Crippen LogP) is 5.50. The number of carbonyl (C=O) groups excluding carboxylic acids is 1. The molecular formula is C22H19F5N4O2S. The number of benzene rings is 1. The van der Waals surface area contributed by atoms with E-state index >= 15 is 0 Å². The molecular weight excluding hydrogens is 479 g/mol. The Morgan fingerprint density at radius 2 is 1.85 bits per heavy atom. The highest BCUT2D eigenvalue weighted by atomic mass is 32.2. The van der Waals surface area contributed by atoms with E-state index in [2.05, 4.69) is 19.6 Å². The van der Waals surface area contributed by atoms with Crippen molar-refractivity contribution >= 4 is 28.2 Å². The standard InChI is InChI=1S/C22H19F5N4O2S/c1-12-6-13(11-34(3)31-21(32)22(25,26)27)7-20(29-12)30-19-9-16(17(24)10-28-19)15-5-4-14(23)8-18(15)33-2/h4-10H,11H2,1-3H3,(H,28,29,30). The fourth-order valence-corrected chi connectivity index (χ4v) is 4.19. The van der Waals surface area contributed by atoms with Crippen LogP contribution < -0.4 is 10.1 Å². The van der Waals surface area contributed by atoms with Gasteiger partial charge in [0.05, 0.1) is 13.3 Å². The summed E-state index contributed by atoms with van der Waals surface area (Å²) >= 11 is 0. The molecule has 6 nitrogen and oxygen atoms in total. The number of hydrogen-bond acceptors (Lipinski definition) is 5. The molecule has 0 bridgehead atoms. The van der Waals surface area contributed by atoms with Gasteiger partial charge in [-0.3, -0.25) is 4.79 Å². The number of aromatic nitrogens is 2. The molecule has 180 valence electrons. The summed E-state index contributed by atoms with van der Waals surface area (Å²) in [7, 11) is 0.130. The number of ether oxygens (including phenoxy) is 1. The molecule has 0 aliphatic rings. The first-order valence-electron chi connectivity index (χ1n) is 9.66. The van der Waals surface area contributed by atoms with E-state index in [9.17, 15) is 26.7 Å². The first-order chi connectivity index (χ1) is 16.0. The molecule has 0 radical (unpaired) electrons. The summed E-state index contributed by atoms with van der Waals surface area (Å²) in [5, 5.41) is 2.93. The van der Waals surface area contributed by atoms with E-state index in [1.807, 2.05) is 0 Å². The Labute approximate surface area is 194 Å². The van der Waals surface area contributed by atoms with Crippen LogP contribution in [0.3, 0.4) is 0 Å². The lowest BCUT2D eigenvalue weighted by atomic mass is 10.0. The van der Waals surface area contributed by atoms with E-state index in [4.69, 9.17) is 4.74 Å². The van der Waals surface area contributed by atoms with Crippen LogP contribution >= 0.6 is 0 Å². The third-order valence-corrected chi connectivity index (χ3v) is 5.66. The van der Waals surface area contributed by atoms with Gasteiger partial charge < -0.3 is 10.1 Å². The maximum absolute atomic E-state index is 14.5. The highest BCUT2D eigenvalue weighted by Gasteiger charge is 2.38. The average molecular weight is 498 g/mol. The smallest absolute Gasteiger partial charge is 0.474 e. The summed E-state index contributed by atoms with van der Waals surface area (Å²) in [5.41, 5.74) is 1.58. The normalized spacial score (nSPS) is 12.5. The van der Waals surface area contributed by atoms with Gasteiger partial charge in [-0.1, -0.05) is 10.7 Å². The Bertz CT molecular complexity index is 1260. The number of carbonyl (C=O) groups is 1. The number of aryl methyl sites for hydroxylation is 1. The van der Waals surface area contributed by atoms with Gasteiger partial charge in [-0.25, -0.2) is 18.7 Å². The van der Waals surface area contributed by atoms with Crippen molar-refractivity contribution < 1.29 is 31.5 Å². The Hall–Kier alpha value is -3.41. The fourth-order valence-electron chi connectivity index (χ4n) is 3.09. The van der Waals surface area contributed by atoms with Crippen molar-refractivity contribution in [1.29, 1.82) is 0 Å². The molecule has 1 amide bonds. The van der Waals surface area contributed by atoms with Crippen molar-refractivity contribution in [3.8, 4) is 16.9 Å². The zero-order valence-corrected chi connectivity index (χ0v) is 19.0. The molecule has 0 aliphatic carbocycles. The van der Waals surface area contributed by atoms with E-state index in [1.54, 1.807) is 19.1 Å². The van der Waals surface area contributed by atoms with E-state index in [-0.39, 0.29) is 22.9 Å². The Morgan fingerprint density at radius 3 is 2.53 bits per heavy atom. The molecule has 2 aromatic heterocycles. The molecule has 1 unspecified atom stereocenters. The zero-order chi connectivity index (χ0) is 25.0. The number of nitrogens with zero attached hydrogens (tertiary/aromatic N) is 3. The number of nitrogens with one attached hydrogen (secondary N) is 1. The average Bonchev–Trinajstić information content (AvgIpc) is 2.74. The summed E-state index contributed by atoms with van der Waals surface area (Å²) in [6.45, 7) is 1.69. The molecule has 2 heterocycles. The molecule has 3 rings (SSSR count). The predicted molar refractivity (Wildman–Crippen MR) is 119 cm³/mol. The van der Waals surface area contributed by atoms with Crippen molar-refractivity contribution in [2.45, 2.75) is 18.9 Å². The van der Waals surface area contributed by atoms with Crippen molar-refractivity contribution in [1.82, 2.24) is 9.97 Å². The van der Waals surface area contributed by atoms with Gasteiger partial charge in [-0.15, -0.1) is 0 Å². The van der Waals surface area contributed by atoms with Crippen molar-refractivity contribution in [3.63, 3.8) is 0 Å². The summed E-state index contributed by atoms with van der Waals surface area (Å²) in [6.07, 6.45) is -2.60. The molecule has 0 saturated carbocycles. The van der Waals surface area contributed by atoms with Gasteiger partial charge in [0.15, 0.2) is 0 Å². The van der Waals surface area contributed by atoms with Gasteiger partial charge in [-0.2, -0.15) is 17.5 Å². The van der Waals surface area contributed by atoms with Crippen LogP contribution in [0.2, 0.25) is 0 Å².